The van der Waals surface area contributed by atoms with Crippen molar-refractivity contribution in [2.24, 2.45) is 0 Å². The number of benzene rings is 3. The monoisotopic (exact) mass is 488 g/mol. The third kappa shape index (κ3) is 5.42. The van der Waals surface area contributed by atoms with Crippen molar-refractivity contribution in [1.29, 1.82) is 0 Å². The van der Waals surface area contributed by atoms with E-state index in [9.17, 15) is 13.2 Å². The summed E-state index contributed by atoms with van der Waals surface area (Å²) in [6.45, 7) is 5.65. The van der Waals surface area contributed by atoms with Crippen LogP contribution in [0.15, 0.2) is 83.8 Å². The molecule has 0 bridgehead atoms. The van der Waals surface area contributed by atoms with Crippen LogP contribution in [0.2, 0.25) is 0 Å². The van der Waals surface area contributed by atoms with Crippen molar-refractivity contribution in [2.75, 3.05) is 6.54 Å². The molecule has 0 unspecified atom stereocenters. The van der Waals surface area contributed by atoms with Crippen LogP contribution in [-0.2, 0) is 21.2 Å². The van der Waals surface area contributed by atoms with E-state index in [1.807, 2.05) is 75.4 Å². The molecule has 4 rings (SSSR count). The van der Waals surface area contributed by atoms with Crippen LogP contribution in [-0.4, -0.2) is 25.9 Å². The molecule has 0 radical (unpaired) electrons. The zero-order valence-corrected chi connectivity index (χ0v) is 20.8. The van der Waals surface area contributed by atoms with Gasteiger partial charge < -0.3 is 4.74 Å². The number of hydrogen-bond donors (Lipinski definition) is 1. The lowest BCUT2D eigenvalue weighted by Crippen LogP contribution is -2.31. The number of aryl methyl sites for hydroxylation is 2. The number of ether oxygens (including phenoxy) is 1. The summed E-state index contributed by atoms with van der Waals surface area (Å²) in [5.41, 5.74) is 4.42. The quantitative estimate of drug-likeness (QED) is 0.341. The minimum Gasteiger partial charge on any atom is -0.452 e. The molecule has 7 heteroatoms. The number of para-hydroxylation sites is 1. The molecule has 0 saturated heterocycles. The summed E-state index contributed by atoms with van der Waals surface area (Å²) in [6, 6.07) is 23.2. The molecule has 0 fully saturated rings. The van der Waals surface area contributed by atoms with E-state index in [0.717, 1.165) is 22.3 Å². The maximum atomic E-state index is 13.5. The molecule has 0 aliphatic heterocycles. The highest BCUT2D eigenvalue weighted by Crippen LogP contribution is 2.27. The Bertz CT molecular complexity index is 1450. The molecule has 0 aliphatic carbocycles. The lowest BCUT2D eigenvalue weighted by molar-refractivity contribution is 0.0309. The highest BCUT2D eigenvalue weighted by molar-refractivity contribution is 7.89. The van der Waals surface area contributed by atoms with Crippen molar-refractivity contribution in [3.63, 3.8) is 0 Å². The van der Waals surface area contributed by atoms with Crippen molar-refractivity contribution in [2.45, 2.75) is 38.2 Å². The second-order valence-electron chi connectivity index (χ2n) is 8.40. The number of carbonyl (C=O) groups excluding carboxylic acids is 1. The van der Waals surface area contributed by atoms with Gasteiger partial charge in [-0.15, -0.1) is 0 Å². The Morgan fingerprint density at radius 1 is 0.943 bits per heavy atom. The van der Waals surface area contributed by atoms with Gasteiger partial charge in [0.05, 0.1) is 22.5 Å². The Morgan fingerprint density at radius 3 is 2.29 bits per heavy atom. The lowest BCUT2D eigenvalue weighted by atomic mass is 10.00. The summed E-state index contributed by atoms with van der Waals surface area (Å²) in [4.78, 5) is 18.4. The summed E-state index contributed by atoms with van der Waals surface area (Å²) >= 11 is 0. The molecule has 35 heavy (non-hydrogen) atoms. The third-order valence-corrected chi connectivity index (χ3v) is 7.43. The summed E-state index contributed by atoms with van der Waals surface area (Å²) in [5.74, 6) is -0.515. The van der Waals surface area contributed by atoms with Crippen molar-refractivity contribution >= 4 is 26.9 Å². The molecule has 1 N–H and O–H groups in total. The standard InChI is InChI=1S/C28H28N2O4S/c1-4-24-20(3)27(23-12-8-9-13-25(23)30-24)28(31)34-26(21-10-6-5-7-11-21)18-29-35(32,33)22-16-14-19(2)15-17-22/h5-17,26,29H,4,18H2,1-3H3/t26-/m0/s1. The highest BCUT2D eigenvalue weighted by atomic mass is 32.2. The molecule has 180 valence electrons. The van der Waals surface area contributed by atoms with Crippen LogP contribution in [0.5, 0.6) is 0 Å². The Hall–Kier alpha value is -3.55. The lowest BCUT2D eigenvalue weighted by Gasteiger charge is -2.21. The van der Waals surface area contributed by atoms with Gasteiger partial charge in [-0.25, -0.2) is 17.9 Å². The zero-order chi connectivity index (χ0) is 25.0. The van der Waals surface area contributed by atoms with Crippen molar-refractivity contribution < 1.29 is 17.9 Å². The largest absolute Gasteiger partial charge is 0.452 e. The van der Waals surface area contributed by atoms with Gasteiger partial charge in [0.2, 0.25) is 10.0 Å². The van der Waals surface area contributed by atoms with E-state index in [1.165, 1.54) is 0 Å². The summed E-state index contributed by atoms with van der Waals surface area (Å²) in [7, 11) is -3.79. The minimum atomic E-state index is -3.79. The molecule has 1 atom stereocenters. The molecule has 4 aromatic rings. The third-order valence-electron chi connectivity index (χ3n) is 5.99. The first kappa shape index (κ1) is 24.6. The van der Waals surface area contributed by atoms with Gasteiger partial charge in [-0.05, 0) is 49.6 Å². The SMILES string of the molecule is CCc1nc2ccccc2c(C(=O)O[C@@H](CNS(=O)(=O)c2ccc(C)cc2)c2ccccc2)c1C. The van der Waals surface area contributed by atoms with Gasteiger partial charge in [-0.1, -0.05) is 73.2 Å². The van der Waals surface area contributed by atoms with Gasteiger partial charge in [0.15, 0.2) is 0 Å². The van der Waals surface area contributed by atoms with Crippen molar-refractivity contribution in [1.82, 2.24) is 9.71 Å². The van der Waals surface area contributed by atoms with Gasteiger partial charge in [0.25, 0.3) is 0 Å². The van der Waals surface area contributed by atoms with Gasteiger partial charge in [0, 0.05) is 11.1 Å². The zero-order valence-electron chi connectivity index (χ0n) is 20.0. The van der Waals surface area contributed by atoms with Crippen LogP contribution in [0.3, 0.4) is 0 Å². The predicted molar refractivity (Wildman–Crippen MR) is 137 cm³/mol. The molecule has 3 aromatic carbocycles. The fourth-order valence-electron chi connectivity index (χ4n) is 4.03. The van der Waals surface area contributed by atoms with Crippen LogP contribution in [0.4, 0.5) is 0 Å². The smallest absolute Gasteiger partial charge is 0.339 e. The number of sulfonamides is 1. The fraction of sp³-hybridized carbons (Fsp3) is 0.214. The number of esters is 1. The Morgan fingerprint density at radius 2 is 1.60 bits per heavy atom. The van der Waals surface area contributed by atoms with E-state index in [0.29, 0.717) is 22.9 Å². The van der Waals surface area contributed by atoms with Gasteiger partial charge >= 0.3 is 5.97 Å². The Labute approximate surface area is 206 Å². The number of rotatable bonds is 8. The Balaban J connectivity index is 1.66. The maximum absolute atomic E-state index is 13.5. The van der Waals surface area contributed by atoms with Gasteiger partial charge in [-0.3, -0.25) is 4.98 Å². The molecule has 0 aliphatic rings. The summed E-state index contributed by atoms with van der Waals surface area (Å²) in [6.07, 6.45) is -0.143. The summed E-state index contributed by atoms with van der Waals surface area (Å²) in [5, 5.41) is 0.708. The van der Waals surface area contributed by atoms with Gasteiger partial charge in [-0.2, -0.15) is 0 Å². The minimum absolute atomic E-state index is 0.103. The van der Waals surface area contributed by atoms with Gasteiger partial charge in [0.1, 0.15) is 6.10 Å². The first-order valence-corrected chi connectivity index (χ1v) is 13.0. The van der Waals surface area contributed by atoms with Crippen LogP contribution < -0.4 is 4.72 Å². The number of pyridine rings is 1. The molecule has 6 nitrogen and oxygen atoms in total. The van der Waals surface area contributed by atoms with Crippen LogP contribution >= 0.6 is 0 Å². The molecular formula is C28H28N2O4S. The second kappa shape index (κ2) is 10.4. The van der Waals surface area contributed by atoms with Crippen LogP contribution in [0, 0.1) is 13.8 Å². The van der Waals surface area contributed by atoms with E-state index in [4.69, 9.17) is 4.74 Å². The van der Waals surface area contributed by atoms with E-state index in [2.05, 4.69) is 9.71 Å². The number of hydrogen-bond acceptors (Lipinski definition) is 5. The molecule has 1 heterocycles. The van der Waals surface area contributed by atoms with E-state index < -0.39 is 22.1 Å². The predicted octanol–water partition coefficient (Wildman–Crippen LogP) is 5.29. The number of nitrogens with zero attached hydrogens (tertiary/aromatic N) is 1. The average Bonchev–Trinajstić information content (AvgIpc) is 2.86. The maximum Gasteiger partial charge on any atom is 0.339 e. The first-order chi connectivity index (χ1) is 16.8. The van der Waals surface area contributed by atoms with Crippen LogP contribution in [0.1, 0.15) is 45.8 Å². The number of aromatic nitrogens is 1. The normalized spacial score (nSPS) is 12.4. The fourth-order valence-corrected chi connectivity index (χ4v) is 5.07. The number of carbonyl (C=O) groups is 1. The number of fused-ring (bicyclic) bond motifs is 1. The Kier molecular flexibility index (Phi) is 7.28. The topological polar surface area (TPSA) is 85.4 Å². The van der Waals surface area contributed by atoms with Crippen LogP contribution in [0.25, 0.3) is 10.9 Å². The molecule has 1 aromatic heterocycles. The summed E-state index contributed by atoms with van der Waals surface area (Å²) < 4.78 is 34.4. The van der Waals surface area contributed by atoms with E-state index >= 15 is 0 Å². The number of nitrogens with one attached hydrogen (secondary N) is 1. The molecular weight excluding hydrogens is 460 g/mol. The van der Waals surface area contributed by atoms with Crippen molar-refractivity contribution in [3.05, 3.63) is 107 Å². The molecule has 0 amide bonds. The second-order valence-corrected chi connectivity index (χ2v) is 10.2. The average molecular weight is 489 g/mol. The molecule has 0 spiro atoms. The van der Waals surface area contributed by atoms with Crippen molar-refractivity contribution in [3.8, 4) is 0 Å². The van der Waals surface area contributed by atoms with E-state index in [1.54, 1.807) is 24.3 Å². The highest BCUT2D eigenvalue weighted by Gasteiger charge is 2.25. The van der Waals surface area contributed by atoms with E-state index in [-0.39, 0.29) is 11.4 Å². The molecule has 0 saturated carbocycles. The first-order valence-electron chi connectivity index (χ1n) is 11.5.